The molecule has 0 spiro atoms. The van der Waals surface area contributed by atoms with Gasteiger partial charge in [-0.05, 0) is 52.9 Å². The largest absolute Gasteiger partial charge is 0.375 e. The van der Waals surface area contributed by atoms with Crippen LogP contribution in [0.2, 0.25) is 0 Å². The number of nitrogens with one attached hydrogen (secondary N) is 1. The van der Waals surface area contributed by atoms with E-state index in [9.17, 15) is 13.2 Å². The molecular formula is C19H40N2O4S. The van der Waals surface area contributed by atoms with Crippen LogP contribution in [0.15, 0.2) is 0 Å². The molecule has 1 saturated heterocycles. The Balaban J connectivity index is 0.00000194. The minimum absolute atomic E-state index is 0.0394. The summed E-state index contributed by atoms with van der Waals surface area (Å²) >= 11 is 0. The Labute approximate surface area is 161 Å². The molecule has 1 N–H and O–H groups in total. The summed E-state index contributed by atoms with van der Waals surface area (Å²) < 4.78 is 30.8. The van der Waals surface area contributed by atoms with Gasteiger partial charge in [0.1, 0.15) is 0 Å². The van der Waals surface area contributed by atoms with Gasteiger partial charge < -0.3 is 10.1 Å². The number of rotatable bonds is 7. The van der Waals surface area contributed by atoms with E-state index in [4.69, 9.17) is 4.74 Å². The SMILES string of the molecule is CC(=O)NC(C)(C)CCOC(C)(C)C1CCN(S(C)(=O)=O)CC1.CCC. The van der Waals surface area contributed by atoms with Gasteiger partial charge >= 0.3 is 0 Å². The molecule has 1 aliphatic heterocycles. The Morgan fingerprint density at radius 3 is 2.00 bits per heavy atom. The number of amides is 1. The monoisotopic (exact) mass is 392 g/mol. The molecule has 6 nitrogen and oxygen atoms in total. The molecular weight excluding hydrogens is 352 g/mol. The molecule has 0 aromatic rings. The highest BCUT2D eigenvalue weighted by molar-refractivity contribution is 7.88. The number of ether oxygens (including phenoxy) is 1. The summed E-state index contributed by atoms with van der Waals surface area (Å²) in [5.41, 5.74) is -0.586. The van der Waals surface area contributed by atoms with Gasteiger partial charge in [-0.3, -0.25) is 4.79 Å². The van der Waals surface area contributed by atoms with Gasteiger partial charge in [0.25, 0.3) is 0 Å². The minimum atomic E-state index is -3.09. The van der Waals surface area contributed by atoms with Crippen molar-refractivity contribution in [2.75, 3.05) is 26.0 Å². The standard InChI is InChI=1S/C16H32N2O4S.C3H8/c1-13(19)17-15(2,3)9-12-22-16(4,5)14-7-10-18(11-8-14)23(6,20)21;1-3-2/h14H,7-12H2,1-6H3,(H,17,19);3H2,1-2H3. The maximum atomic E-state index is 11.6. The molecule has 26 heavy (non-hydrogen) atoms. The van der Waals surface area contributed by atoms with Crippen molar-refractivity contribution in [3.63, 3.8) is 0 Å². The van der Waals surface area contributed by atoms with Crippen LogP contribution in [0, 0.1) is 5.92 Å². The molecule has 1 rings (SSSR count). The average Bonchev–Trinajstić information content (AvgIpc) is 2.45. The predicted octanol–water partition coefficient (Wildman–Crippen LogP) is 3.17. The van der Waals surface area contributed by atoms with E-state index < -0.39 is 10.0 Å². The van der Waals surface area contributed by atoms with Crippen molar-refractivity contribution in [3.05, 3.63) is 0 Å². The summed E-state index contributed by atoms with van der Waals surface area (Å²) in [6, 6.07) is 0. The lowest BCUT2D eigenvalue weighted by molar-refractivity contribution is -0.121. The molecule has 0 saturated carbocycles. The van der Waals surface area contributed by atoms with Crippen LogP contribution in [0.25, 0.3) is 0 Å². The fourth-order valence-corrected chi connectivity index (χ4v) is 3.98. The molecule has 7 heteroatoms. The van der Waals surface area contributed by atoms with E-state index in [1.165, 1.54) is 19.6 Å². The van der Waals surface area contributed by atoms with E-state index in [1.54, 1.807) is 4.31 Å². The topological polar surface area (TPSA) is 75.7 Å². The van der Waals surface area contributed by atoms with E-state index in [2.05, 4.69) is 33.0 Å². The van der Waals surface area contributed by atoms with Gasteiger partial charge in [0.15, 0.2) is 0 Å². The second kappa shape index (κ2) is 10.6. The Hall–Kier alpha value is -0.660. The first-order valence-electron chi connectivity index (χ1n) is 9.63. The molecule has 0 aromatic carbocycles. The minimum Gasteiger partial charge on any atom is -0.375 e. The van der Waals surface area contributed by atoms with Gasteiger partial charge in [-0.15, -0.1) is 0 Å². The molecule has 156 valence electrons. The normalized spacial score (nSPS) is 17.4. The van der Waals surface area contributed by atoms with E-state index in [0.29, 0.717) is 25.6 Å². The molecule has 0 unspecified atom stereocenters. The number of piperidine rings is 1. The highest BCUT2D eigenvalue weighted by Crippen LogP contribution is 2.32. The molecule has 0 aliphatic carbocycles. The third-order valence-electron chi connectivity index (χ3n) is 4.62. The van der Waals surface area contributed by atoms with Crippen LogP contribution in [0.5, 0.6) is 0 Å². The summed E-state index contributed by atoms with van der Waals surface area (Å²) in [5.74, 6) is 0.298. The first kappa shape index (κ1) is 25.3. The lowest BCUT2D eigenvalue weighted by Crippen LogP contribution is -2.46. The second-order valence-electron chi connectivity index (χ2n) is 8.41. The molecule has 1 amide bonds. The molecule has 1 fully saturated rings. The highest BCUT2D eigenvalue weighted by atomic mass is 32.2. The summed E-state index contributed by atoms with van der Waals surface area (Å²) in [6.07, 6.45) is 4.88. The maximum Gasteiger partial charge on any atom is 0.217 e. The maximum absolute atomic E-state index is 11.6. The van der Waals surface area contributed by atoms with Crippen molar-refractivity contribution in [1.29, 1.82) is 0 Å². The van der Waals surface area contributed by atoms with Crippen LogP contribution in [-0.4, -0.2) is 55.7 Å². The van der Waals surface area contributed by atoms with E-state index in [1.807, 2.05) is 13.8 Å². The summed E-state index contributed by atoms with van der Waals surface area (Å²) in [4.78, 5) is 11.2. The Morgan fingerprint density at radius 1 is 1.15 bits per heavy atom. The number of carbonyl (C=O) groups is 1. The molecule has 0 atom stereocenters. The summed E-state index contributed by atoms with van der Waals surface area (Å²) in [7, 11) is -3.09. The zero-order valence-corrected chi connectivity index (χ0v) is 18.8. The zero-order chi connectivity index (χ0) is 20.6. The zero-order valence-electron chi connectivity index (χ0n) is 18.0. The first-order valence-corrected chi connectivity index (χ1v) is 11.5. The third kappa shape index (κ3) is 9.88. The second-order valence-corrected chi connectivity index (χ2v) is 10.4. The Morgan fingerprint density at radius 2 is 1.62 bits per heavy atom. The van der Waals surface area contributed by atoms with Gasteiger partial charge in [-0.1, -0.05) is 20.3 Å². The Bertz CT molecular complexity index is 522. The van der Waals surface area contributed by atoms with E-state index in [0.717, 1.165) is 19.3 Å². The van der Waals surface area contributed by atoms with Crippen molar-refractivity contribution in [3.8, 4) is 0 Å². The summed E-state index contributed by atoms with van der Waals surface area (Å²) in [6.45, 7) is 15.6. The predicted molar refractivity (Wildman–Crippen MR) is 108 cm³/mol. The first-order chi connectivity index (χ1) is 11.7. The van der Waals surface area contributed by atoms with Gasteiger partial charge in [0.2, 0.25) is 15.9 Å². The lowest BCUT2D eigenvalue weighted by atomic mass is 9.83. The van der Waals surface area contributed by atoms with Crippen LogP contribution in [0.4, 0.5) is 0 Å². The molecule has 0 radical (unpaired) electrons. The molecule has 0 aromatic heterocycles. The number of nitrogens with zero attached hydrogens (tertiary/aromatic N) is 1. The van der Waals surface area contributed by atoms with E-state index >= 15 is 0 Å². The van der Waals surface area contributed by atoms with Crippen LogP contribution < -0.4 is 5.32 Å². The fraction of sp³-hybridized carbons (Fsp3) is 0.947. The van der Waals surface area contributed by atoms with Crippen LogP contribution in [0.3, 0.4) is 0 Å². The van der Waals surface area contributed by atoms with Gasteiger partial charge in [0, 0.05) is 32.2 Å². The van der Waals surface area contributed by atoms with Gasteiger partial charge in [-0.25, -0.2) is 12.7 Å². The van der Waals surface area contributed by atoms with Crippen molar-refractivity contribution >= 4 is 15.9 Å². The number of hydrogen-bond donors (Lipinski definition) is 1. The van der Waals surface area contributed by atoms with Gasteiger partial charge in [-0.2, -0.15) is 0 Å². The van der Waals surface area contributed by atoms with Crippen molar-refractivity contribution < 1.29 is 17.9 Å². The number of sulfonamides is 1. The average molecular weight is 393 g/mol. The molecule has 1 aliphatic rings. The van der Waals surface area contributed by atoms with Crippen LogP contribution in [-0.2, 0) is 19.6 Å². The van der Waals surface area contributed by atoms with Crippen molar-refractivity contribution in [1.82, 2.24) is 9.62 Å². The summed E-state index contributed by atoms with van der Waals surface area (Å²) in [5, 5.41) is 2.92. The fourth-order valence-electron chi connectivity index (χ4n) is 3.11. The highest BCUT2D eigenvalue weighted by Gasteiger charge is 2.35. The van der Waals surface area contributed by atoms with Crippen LogP contribution in [0.1, 0.15) is 74.1 Å². The lowest BCUT2D eigenvalue weighted by Gasteiger charge is -2.40. The Kier molecular flexibility index (Phi) is 10.3. The molecule has 0 bridgehead atoms. The molecule has 1 heterocycles. The van der Waals surface area contributed by atoms with Crippen molar-refractivity contribution in [2.24, 2.45) is 5.92 Å². The van der Waals surface area contributed by atoms with Crippen molar-refractivity contribution in [2.45, 2.75) is 85.3 Å². The number of hydrogen-bond acceptors (Lipinski definition) is 4. The quantitative estimate of drug-likeness (QED) is 0.722. The van der Waals surface area contributed by atoms with Crippen LogP contribution >= 0.6 is 0 Å². The number of carbonyl (C=O) groups excluding carboxylic acids is 1. The third-order valence-corrected chi connectivity index (χ3v) is 5.92. The smallest absolute Gasteiger partial charge is 0.217 e. The van der Waals surface area contributed by atoms with Gasteiger partial charge in [0.05, 0.1) is 11.9 Å². The van der Waals surface area contributed by atoms with E-state index in [-0.39, 0.29) is 17.0 Å².